The molecule has 1 saturated carbocycles. The molecule has 0 aromatic carbocycles. The molecule has 0 spiro atoms. The Labute approximate surface area is 110 Å². The fourth-order valence-electron chi connectivity index (χ4n) is 2.35. The number of nitrogens with zero attached hydrogens (tertiary/aromatic N) is 2. The second-order valence-electron chi connectivity index (χ2n) is 6.08. The van der Waals surface area contributed by atoms with Gasteiger partial charge in [0.1, 0.15) is 5.82 Å². The maximum absolute atomic E-state index is 4.69. The monoisotopic (exact) mass is 247 g/mol. The van der Waals surface area contributed by atoms with Gasteiger partial charge in [0.2, 0.25) is 0 Å². The van der Waals surface area contributed by atoms with Gasteiger partial charge < -0.3 is 5.32 Å². The molecule has 1 heterocycles. The summed E-state index contributed by atoms with van der Waals surface area (Å²) in [5.74, 6) is 3.12. The minimum absolute atomic E-state index is 0.611. The zero-order valence-corrected chi connectivity index (χ0v) is 12.2. The van der Waals surface area contributed by atoms with E-state index in [2.05, 4.69) is 39.9 Å². The molecule has 2 unspecified atom stereocenters. The van der Waals surface area contributed by atoms with Gasteiger partial charge in [-0.3, -0.25) is 0 Å². The van der Waals surface area contributed by atoms with Crippen molar-refractivity contribution in [3.63, 3.8) is 0 Å². The van der Waals surface area contributed by atoms with Gasteiger partial charge in [-0.2, -0.15) is 0 Å². The molecule has 18 heavy (non-hydrogen) atoms. The van der Waals surface area contributed by atoms with Gasteiger partial charge in [-0.05, 0) is 38.6 Å². The Morgan fingerprint density at radius 3 is 2.22 bits per heavy atom. The van der Waals surface area contributed by atoms with Crippen molar-refractivity contribution >= 4 is 0 Å². The predicted molar refractivity (Wildman–Crippen MR) is 74.6 cm³/mol. The van der Waals surface area contributed by atoms with Crippen molar-refractivity contribution in [2.75, 3.05) is 6.54 Å². The Kier molecular flexibility index (Phi) is 4.00. The summed E-state index contributed by atoms with van der Waals surface area (Å²) in [5, 5.41) is 3.48. The molecule has 2 rings (SSSR count). The summed E-state index contributed by atoms with van der Waals surface area (Å²) >= 11 is 0. The van der Waals surface area contributed by atoms with Gasteiger partial charge in [-0.1, -0.05) is 20.8 Å². The zero-order valence-electron chi connectivity index (χ0n) is 12.2. The van der Waals surface area contributed by atoms with Gasteiger partial charge in [-0.25, -0.2) is 9.97 Å². The van der Waals surface area contributed by atoms with Crippen LogP contribution in [0.5, 0.6) is 0 Å². The van der Waals surface area contributed by atoms with E-state index in [-0.39, 0.29) is 0 Å². The molecule has 1 aliphatic rings. The van der Waals surface area contributed by atoms with E-state index in [4.69, 9.17) is 9.97 Å². The maximum Gasteiger partial charge on any atom is 0.132 e. The third-order valence-corrected chi connectivity index (χ3v) is 3.73. The highest BCUT2D eigenvalue weighted by molar-refractivity contribution is 5.26. The third kappa shape index (κ3) is 3.08. The van der Waals surface area contributed by atoms with Crippen LogP contribution >= 0.6 is 0 Å². The van der Waals surface area contributed by atoms with Crippen LogP contribution in [0.1, 0.15) is 55.9 Å². The van der Waals surface area contributed by atoms with E-state index in [1.807, 2.05) is 0 Å². The molecule has 0 aliphatic heterocycles. The van der Waals surface area contributed by atoms with E-state index in [0.29, 0.717) is 11.8 Å². The quantitative estimate of drug-likeness (QED) is 0.869. The molecular formula is C15H25N3. The van der Waals surface area contributed by atoms with Crippen molar-refractivity contribution in [1.82, 2.24) is 15.3 Å². The largest absolute Gasteiger partial charge is 0.312 e. The lowest BCUT2D eigenvalue weighted by Crippen LogP contribution is -2.21. The van der Waals surface area contributed by atoms with Crippen LogP contribution in [0.15, 0.2) is 0 Å². The minimum Gasteiger partial charge on any atom is -0.312 e. The average molecular weight is 247 g/mol. The predicted octanol–water partition coefficient (Wildman–Crippen LogP) is 2.96. The number of rotatable bonds is 5. The molecule has 2 atom stereocenters. The number of hydrogen-bond acceptors (Lipinski definition) is 3. The Morgan fingerprint density at radius 1 is 1.22 bits per heavy atom. The summed E-state index contributed by atoms with van der Waals surface area (Å²) in [7, 11) is 0. The molecule has 3 heteroatoms. The Balaban J connectivity index is 2.06. The second kappa shape index (κ2) is 5.35. The van der Waals surface area contributed by atoms with Crippen LogP contribution < -0.4 is 5.32 Å². The van der Waals surface area contributed by atoms with E-state index >= 15 is 0 Å². The van der Waals surface area contributed by atoms with E-state index in [1.54, 1.807) is 0 Å². The standard InChI is InChI=1S/C15H25N3/c1-9(2)7-16-8-14-11(4)17-15(18-12(14)5)13-6-10(13)3/h9-10,13,16H,6-8H2,1-5H3. The smallest absolute Gasteiger partial charge is 0.132 e. The topological polar surface area (TPSA) is 37.8 Å². The van der Waals surface area contributed by atoms with Crippen LogP contribution in [0.3, 0.4) is 0 Å². The SMILES string of the molecule is Cc1nc(C2CC2C)nc(C)c1CNCC(C)C. The number of nitrogens with one attached hydrogen (secondary N) is 1. The summed E-state index contributed by atoms with van der Waals surface area (Å²) in [4.78, 5) is 9.39. The molecule has 1 aromatic heterocycles. The Hall–Kier alpha value is -0.960. The third-order valence-electron chi connectivity index (χ3n) is 3.73. The van der Waals surface area contributed by atoms with Gasteiger partial charge in [0, 0.05) is 29.4 Å². The molecule has 0 radical (unpaired) electrons. The van der Waals surface area contributed by atoms with E-state index < -0.39 is 0 Å². The van der Waals surface area contributed by atoms with Crippen LogP contribution in [-0.4, -0.2) is 16.5 Å². The highest BCUT2D eigenvalue weighted by Crippen LogP contribution is 2.45. The number of aryl methyl sites for hydroxylation is 2. The van der Waals surface area contributed by atoms with Crippen molar-refractivity contribution in [3.05, 3.63) is 22.8 Å². The minimum atomic E-state index is 0.611. The highest BCUT2D eigenvalue weighted by atomic mass is 14.9. The second-order valence-corrected chi connectivity index (χ2v) is 6.08. The molecule has 100 valence electrons. The molecule has 0 bridgehead atoms. The normalized spacial score (nSPS) is 22.6. The van der Waals surface area contributed by atoms with Crippen molar-refractivity contribution < 1.29 is 0 Å². The first-order valence-corrected chi connectivity index (χ1v) is 7.03. The number of hydrogen-bond donors (Lipinski definition) is 1. The summed E-state index contributed by atoms with van der Waals surface area (Å²) in [6, 6.07) is 0. The summed E-state index contributed by atoms with van der Waals surface area (Å²) < 4.78 is 0. The first kappa shape index (κ1) is 13.5. The van der Waals surface area contributed by atoms with Crippen LogP contribution in [0.25, 0.3) is 0 Å². The highest BCUT2D eigenvalue weighted by Gasteiger charge is 2.36. The molecule has 1 aliphatic carbocycles. The van der Waals surface area contributed by atoms with Gasteiger partial charge in [-0.15, -0.1) is 0 Å². The van der Waals surface area contributed by atoms with E-state index in [9.17, 15) is 0 Å². The van der Waals surface area contributed by atoms with Gasteiger partial charge >= 0.3 is 0 Å². The Bertz CT molecular complexity index is 403. The van der Waals surface area contributed by atoms with Crippen molar-refractivity contribution in [2.24, 2.45) is 11.8 Å². The van der Waals surface area contributed by atoms with Gasteiger partial charge in [0.15, 0.2) is 0 Å². The molecule has 1 N–H and O–H groups in total. The summed E-state index contributed by atoms with van der Waals surface area (Å²) in [6.07, 6.45) is 1.25. The Morgan fingerprint density at radius 2 is 1.78 bits per heavy atom. The molecule has 0 amide bonds. The van der Waals surface area contributed by atoms with Crippen molar-refractivity contribution in [2.45, 2.75) is 53.5 Å². The lowest BCUT2D eigenvalue weighted by atomic mass is 10.1. The lowest BCUT2D eigenvalue weighted by molar-refractivity contribution is 0.548. The van der Waals surface area contributed by atoms with Crippen LogP contribution in [0, 0.1) is 25.7 Å². The van der Waals surface area contributed by atoms with Crippen molar-refractivity contribution in [1.29, 1.82) is 0 Å². The molecule has 3 nitrogen and oxygen atoms in total. The van der Waals surface area contributed by atoms with Crippen LogP contribution in [0.2, 0.25) is 0 Å². The first-order valence-electron chi connectivity index (χ1n) is 7.03. The van der Waals surface area contributed by atoms with Crippen molar-refractivity contribution in [3.8, 4) is 0 Å². The summed E-state index contributed by atoms with van der Waals surface area (Å²) in [6.45, 7) is 12.9. The molecule has 1 aromatic rings. The number of aromatic nitrogens is 2. The molecular weight excluding hydrogens is 222 g/mol. The fraction of sp³-hybridized carbons (Fsp3) is 0.733. The zero-order chi connectivity index (χ0) is 13.3. The first-order chi connectivity index (χ1) is 8.49. The van der Waals surface area contributed by atoms with Gasteiger partial charge in [0.25, 0.3) is 0 Å². The summed E-state index contributed by atoms with van der Waals surface area (Å²) in [5.41, 5.74) is 3.56. The molecule has 1 fully saturated rings. The van der Waals surface area contributed by atoms with E-state index in [0.717, 1.165) is 36.2 Å². The van der Waals surface area contributed by atoms with Crippen LogP contribution in [0.4, 0.5) is 0 Å². The van der Waals surface area contributed by atoms with Crippen LogP contribution in [-0.2, 0) is 6.54 Å². The fourth-order valence-corrected chi connectivity index (χ4v) is 2.35. The molecule has 0 saturated heterocycles. The average Bonchev–Trinajstić information content (AvgIpc) is 2.99. The van der Waals surface area contributed by atoms with Gasteiger partial charge in [0.05, 0.1) is 0 Å². The van der Waals surface area contributed by atoms with E-state index in [1.165, 1.54) is 12.0 Å². The maximum atomic E-state index is 4.69. The lowest BCUT2D eigenvalue weighted by Gasteiger charge is -2.13.